The molecule has 0 heterocycles. The van der Waals surface area contributed by atoms with Crippen LogP contribution in [-0.2, 0) is 38.1 Å². The Hall–Kier alpha value is -2.58. The quantitative estimate of drug-likeness (QED) is 0.352. The second-order valence-corrected chi connectivity index (χ2v) is 7.35. The minimum Gasteiger partial charge on any atom is -0.492 e. The van der Waals surface area contributed by atoms with Crippen LogP contribution in [0.3, 0.4) is 0 Å². The van der Waals surface area contributed by atoms with Crippen molar-refractivity contribution < 1.29 is 38.1 Å². The molecule has 0 amide bonds. The fourth-order valence-corrected chi connectivity index (χ4v) is 3.89. The fraction of sp³-hybridized carbons (Fsp3) is 0.429. The van der Waals surface area contributed by atoms with Crippen LogP contribution in [0.1, 0.15) is 32.1 Å². The highest BCUT2D eigenvalue weighted by molar-refractivity contribution is 6.49. The molecule has 0 fully saturated rings. The van der Waals surface area contributed by atoms with Crippen LogP contribution >= 0.6 is 23.2 Å². The maximum Gasteiger partial charge on any atom is 0.243 e. The van der Waals surface area contributed by atoms with Gasteiger partial charge in [-0.1, -0.05) is 29.6 Å². The number of allylic oxidation sites excluding steroid dienone is 4. The number of ketones is 4. The third kappa shape index (κ3) is 4.70. The van der Waals surface area contributed by atoms with E-state index in [0.29, 0.717) is 19.3 Å². The number of halogens is 2. The van der Waals surface area contributed by atoms with E-state index in [0.717, 1.165) is 0 Å². The summed E-state index contributed by atoms with van der Waals surface area (Å²) in [4.78, 5) is 49.7. The molecule has 2 rings (SSSR count). The van der Waals surface area contributed by atoms with Gasteiger partial charge in [0.05, 0.1) is 28.4 Å². The van der Waals surface area contributed by atoms with Crippen LogP contribution in [0.15, 0.2) is 44.2 Å². The van der Waals surface area contributed by atoms with Gasteiger partial charge < -0.3 is 18.9 Å². The van der Waals surface area contributed by atoms with E-state index in [1.54, 1.807) is 0 Å². The van der Waals surface area contributed by atoms with Gasteiger partial charge in [0, 0.05) is 11.1 Å². The van der Waals surface area contributed by atoms with Crippen molar-refractivity contribution in [3.05, 3.63) is 44.2 Å². The van der Waals surface area contributed by atoms with Crippen LogP contribution < -0.4 is 0 Å². The highest BCUT2D eigenvalue weighted by atomic mass is 35.5. The number of ether oxygens (including phenoxy) is 4. The van der Waals surface area contributed by atoms with E-state index in [2.05, 4.69) is 0 Å². The molecule has 0 unspecified atom stereocenters. The van der Waals surface area contributed by atoms with Crippen molar-refractivity contribution in [1.82, 2.24) is 0 Å². The Kier molecular flexibility index (Phi) is 8.47. The van der Waals surface area contributed by atoms with Gasteiger partial charge in [-0.15, -0.1) is 0 Å². The average Bonchev–Trinajstić information content (AvgIpc) is 2.75. The molecular weight excluding hydrogens is 451 g/mol. The second kappa shape index (κ2) is 10.6. The standard InChI is InChI=1S/C21H22Cl2O8/c1-28-18-10(14(24)20(30-3)12(22)16(18)26)8-6-5-7-9-11-15(25)21(31-4)13(23)17(27)19(11)29-2/h5-9H2,1-4H3. The van der Waals surface area contributed by atoms with Crippen LogP contribution in [0.2, 0.25) is 0 Å². The van der Waals surface area contributed by atoms with Crippen LogP contribution in [0.4, 0.5) is 0 Å². The number of unbranched alkanes of at least 4 members (excludes halogenated alkanes) is 2. The normalized spacial score (nSPS) is 17.7. The Morgan fingerprint density at radius 2 is 0.839 bits per heavy atom. The van der Waals surface area contributed by atoms with Gasteiger partial charge in [-0.2, -0.15) is 0 Å². The summed E-state index contributed by atoms with van der Waals surface area (Å²) < 4.78 is 20.1. The molecular formula is C21H22Cl2O8. The van der Waals surface area contributed by atoms with Gasteiger partial charge >= 0.3 is 0 Å². The molecule has 0 radical (unpaired) electrons. The molecule has 0 bridgehead atoms. The number of hydrogen-bond donors (Lipinski definition) is 0. The molecule has 0 aliphatic heterocycles. The maximum absolute atomic E-state index is 12.6. The van der Waals surface area contributed by atoms with Crippen LogP contribution in [0, 0.1) is 0 Å². The molecule has 0 spiro atoms. The lowest BCUT2D eigenvalue weighted by Crippen LogP contribution is -2.24. The van der Waals surface area contributed by atoms with Gasteiger partial charge in [0.1, 0.15) is 10.1 Å². The molecule has 0 saturated carbocycles. The number of carbonyl (C=O) groups excluding carboxylic acids is 4. The van der Waals surface area contributed by atoms with Gasteiger partial charge in [-0.25, -0.2) is 0 Å². The first kappa shape index (κ1) is 24.7. The zero-order valence-electron chi connectivity index (χ0n) is 17.6. The number of Topliss-reactive ketones (excluding diaryl/α,β-unsaturated/α-hetero) is 4. The molecule has 0 aromatic heterocycles. The predicted molar refractivity (Wildman–Crippen MR) is 111 cm³/mol. The second-order valence-electron chi connectivity index (χ2n) is 6.60. The summed E-state index contributed by atoms with van der Waals surface area (Å²) in [5.74, 6) is -2.81. The van der Waals surface area contributed by atoms with Crippen molar-refractivity contribution in [3.8, 4) is 0 Å². The van der Waals surface area contributed by atoms with Crippen molar-refractivity contribution in [2.75, 3.05) is 28.4 Å². The summed E-state index contributed by atoms with van der Waals surface area (Å²) in [6, 6.07) is 0. The monoisotopic (exact) mass is 472 g/mol. The van der Waals surface area contributed by atoms with Gasteiger partial charge in [0.2, 0.25) is 23.1 Å². The number of rotatable bonds is 10. The zero-order valence-corrected chi connectivity index (χ0v) is 19.1. The van der Waals surface area contributed by atoms with E-state index in [4.69, 9.17) is 42.1 Å². The van der Waals surface area contributed by atoms with Crippen LogP contribution in [0.25, 0.3) is 0 Å². The number of carbonyl (C=O) groups is 4. The Morgan fingerprint density at radius 1 is 0.516 bits per heavy atom. The Bertz CT molecular complexity index is 876. The molecule has 0 saturated heterocycles. The van der Waals surface area contributed by atoms with E-state index in [-0.39, 0.29) is 57.1 Å². The average molecular weight is 473 g/mol. The van der Waals surface area contributed by atoms with Crippen molar-refractivity contribution >= 4 is 46.3 Å². The highest BCUT2D eigenvalue weighted by Gasteiger charge is 2.37. The molecule has 168 valence electrons. The lowest BCUT2D eigenvalue weighted by Gasteiger charge is -2.20. The third-order valence-electron chi connectivity index (χ3n) is 4.89. The smallest absolute Gasteiger partial charge is 0.243 e. The van der Waals surface area contributed by atoms with Gasteiger partial charge in [0.15, 0.2) is 23.0 Å². The summed E-state index contributed by atoms with van der Waals surface area (Å²) in [5.41, 5.74) is 0.372. The van der Waals surface area contributed by atoms with Crippen LogP contribution in [0.5, 0.6) is 0 Å². The van der Waals surface area contributed by atoms with Gasteiger partial charge in [-0.3, -0.25) is 19.2 Å². The van der Waals surface area contributed by atoms with Crippen molar-refractivity contribution in [2.24, 2.45) is 0 Å². The first-order chi connectivity index (χ1) is 14.7. The summed E-state index contributed by atoms with van der Waals surface area (Å²) in [6.45, 7) is 0. The van der Waals surface area contributed by atoms with E-state index < -0.39 is 23.1 Å². The lowest BCUT2D eigenvalue weighted by molar-refractivity contribution is -0.120. The minimum absolute atomic E-state index is 0.0993. The SMILES string of the molecule is COC1=C(Cl)C(=O)C(OC)=C(CCCCCC2=C(OC)C(=O)C(Cl)=C(OC)C2=O)C1=O. The molecule has 2 aliphatic rings. The number of hydrogen-bond acceptors (Lipinski definition) is 8. The summed E-state index contributed by atoms with van der Waals surface area (Å²) in [6.07, 6.45) is 2.12. The first-order valence-corrected chi connectivity index (χ1v) is 10.1. The Labute approximate surface area is 189 Å². The van der Waals surface area contributed by atoms with Crippen molar-refractivity contribution in [2.45, 2.75) is 32.1 Å². The Balaban J connectivity index is 2.05. The molecule has 0 N–H and O–H groups in total. The lowest BCUT2D eigenvalue weighted by atomic mass is 9.92. The topological polar surface area (TPSA) is 105 Å². The van der Waals surface area contributed by atoms with Gasteiger partial charge in [0.25, 0.3) is 0 Å². The fourth-order valence-electron chi connectivity index (χ4n) is 3.39. The van der Waals surface area contributed by atoms with E-state index in [1.165, 1.54) is 28.4 Å². The molecule has 31 heavy (non-hydrogen) atoms. The molecule has 0 aromatic rings. The third-order valence-corrected chi connectivity index (χ3v) is 5.58. The molecule has 2 aliphatic carbocycles. The highest BCUT2D eigenvalue weighted by Crippen LogP contribution is 2.32. The first-order valence-electron chi connectivity index (χ1n) is 9.35. The summed E-state index contributed by atoms with van der Waals surface area (Å²) >= 11 is 11.8. The van der Waals surface area contributed by atoms with Gasteiger partial charge in [-0.05, 0) is 25.7 Å². The maximum atomic E-state index is 12.6. The predicted octanol–water partition coefficient (Wildman–Crippen LogP) is 3.24. The van der Waals surface area contributed by atoms with E-state index in [9.17, 15) is 19.2 Å². The minimum atomic E-state index is -0.604. The molecule has 0 aromatic carbocycles. The van der Waals surface area contributed by atoms with Crippen molar-refractivity contribution in [1.29, 1.82) is 0 Å². The van der Waals surface area contributed by atoms with E-state index in [1.807, 2.05) is 0 Å². The molecule has 8 nitrogen and oxygen atoms in total. The molecule has 10 heteroatoms. The van der Waals surface area contributed by atoms with Crippen molar-refractivity contribution in [3.63, 3.8) is 0 Å². The number of methoxy groups -OCH3 is 4. The zero-order chi connectivity index (χ0) is 23.3. The summed E-state index contributed by atoms with van der Waals surface area (Å²) in [7, 11) is 5.10. The molecule has 0 atom stereocenters. The van der Waals surface area contributed by atoms with E-state index >= 15 is 0 Å². The summed E-state index contributed by atoms with van der Waals surface area (Å²) in [5, 5.41) is -0.624. The largest absolute Gasteiger partial charge is 0.492 e. The Morgan fingerprint density at radius 3 is 1.13 bits per heavy atom. The van der Waals surface area contributed by atoms with Crippen LogP contribution in [-0.4, -0.2) is 51.6 Å².